The van der Waals surface area contributed by atoms with Crippen LogP contribution in [-0.4, -0.2) is 47.5 Å². The fraction of sp³-hybridized carbons (Fsp3) is 0.333. The molecular formula is C27H28ClN3O3S. The molecule has 1 aromatic heterocycles. The van der Waals surface area contributed by atoms with Crippen molar-refractivity contribution in [2.45, 2.75) is 38.3 Å². The Kier molecular flexibility index (Phi) is 6.97. The molecule has 1 N–H and O–H groups in total. The highest BCUT2D eigenvalue weighted by atomic mass is 35.5. The van der Waals surface area contributed by atoms with Gasteiger partial charge in [0.15, 0.2) is 0 Å². The van der Waals surface area contributed by atoms with E-state index in [1.54, 1.807) is 28.4 Å². The minimum atomic E-state index is -0.230. The summed E-state index contributed by atoms with van der Waals surface area (Å²) in [5, 5.41) is 5.67. The molecule has 0 spiro atoms. The summed E-state index contributed by atoms with van der Waals surface area (Å²) in [6, 6.07) is 16.7. The molecule has 1 aliphatic carbocycles. The van der Waals surface area contributed by atoms with E-state index in [2.05, 4.69) is 16.8 Å². The Hall–Kier alpha value is -3.03. The molecule has 0 unspecified atom stereocenters. The van der Waals surface area contributed by atoms with Gasteiger partial charge in [-0.25, -0.2) is 4.79 Å². The number of hydrogen-bond acceptors (Lipinski definition) is 4. The number of anilines is 1. The molecule has 3 amide bonds. The number of carbonyl (C=O) groups excluding carboxylic acids is 2. The van der Waals surface area contributed by atoms with Crippen LogP contribution in [0.2, 0.25) is 5.02 Å². The number of benzene rings is 2. The second-order valence-electron chi connectivity index (χ2n) is 9.07. The van der Waals surface area contributed by atoms with Crippen molar-refractivity contribution in [2.75, 3.05) is 25.0 Å². The average molecular weight is 510 g/mol. The van der Waals surface area contributed by atoms with Gasteiger partial charge in [-0.05, 0) is 79.6 Å². The summed E-state index contributed by atoms with van der Waals surface area (Å²) in [5.74, 6) is 0.652. The lowest BCUT2D eigenvalue weighted by Crippen LogP contribution is -2.49. The highest BCUT2D eigenvalue weighted by Crippen LogP contribution is 2.35. The van der Waals surface area contributed by atoms with Gasteiger partial charge in [-0.3, -0.25) is 4.79 Å². The SMILES string of the molecule is Cc1ccc(NC(=O)N(CC(=O)N2CCc3sccc3[C@H]2COc2ccc(Cl)cc2)C2CC2)cc1. The summed E-state index contributed by atoms with van der Waals surface area (Å²) in [4.78, 5) is 31.5. The molecular weight excluding hydrogens is 482 g/mol. The van der Waals surface area contributed by atoms with Crippen LogP contribution >= 0.6 is 22.9 Å². The van der Waals surface area contributed by atoms with Crippen molar-refractivity contribution in [1.82, 2.24) is 9.80 Å². The Morgan fingerprint density at radius 1 is 1.11 bits per heavy atom. The molecule has 0 saturated heterocycles. The zero-order valence-electron chi connectivity index (χ0n) is 19.6. The summed E-state index contributed by atoms with van der Waals surface area (Å²) in [5.41, 5.74) is 2.99. The molecule has 0 bridgehead atoms. The van der Waals surface area contributed by atoms with E-state index in [1.165, 1.54) is 4.88 Å². The Balaban J connectivity index is 1.29. The molecule has 2 aliphatic rings. The maximum atomic E-state index is 13.6. The molecule has 3 aromatic rings. The molecule has 1 aliphatic heterocycles. The van der Waals surface area contributed by atoms with Gasteiger partial charge in [0.1, 0.15) is 18.9 Å². The van der Waals surface area contributed by atoms with Gasteiger partial charge >= 0.3 is 6.03 Å². The van der Waals surface area contributed by atoms with Gasteiger partial charge in [0.2, 0.25) is 5.91 Å². The smallest absolute Gasteiger partial charge is 0.322 e. The van der Waals surface area contributed by atoms with Crippen LogP contribution in [0.25, 0.3) is 0 Å². The number of nitrogens with zero attached hydrogens (tertiary/aromatic N) is 2. The number of urea groups is 1. The van der Waals surface area contributed by atoms with Gasteiger partial charge in [-0.2, -0.15) is 0 Å². The van der Waals surface area contributed by atoms with Crippen molar-refractivity contribution in [3.8, 4) is 5.75 Å². The molecule has 2 heterocycles. The monoisotopic (exact) mass is 509 g/mol. The summed E-state index contributed by atoms with van der Waals surface area (Å²) >= 11 is 7.71. The number of fused-ring (bicyclic) bond motifs is 1. The quantitative estimate of drug-likeness (QED) is 0.430. The van der Waals surface area contributed by atoms with E-state index in [0.29, 0.717) is 23.9 Å². The van der Waals surface area contributed by atoms with Gasteiger partial charge in [0.05, 0.1) is 6.04 Å². The minimum absolute atomic E-state index is 0.0548. The van der Waals surface area contributed by atoms with Gasteiger partial charge in [-0.15, -0.1) is 11.3 Å². The van der Waals surface area contributed by atoms with Crippen LogP contribution in [-0.2, 0) is 11.2 Å². The van der Waals surface area contributed by atoms with Crippen LogP contribution in [0.1, 0.15) is 34.9 Å². The van der Waals surface area contributed by atoms with Gasteiger partial charge < -0.3 is 19.9 Å². The number of rotatable bonds is 7. The standard InChI is InChI=1S/C27H28ClN3O3S/c1-18-2-6-20(7-3-18)29-27(33)31(21-8-9-21)16-26(32)30-14-12-25-23(13-15-35-25)24(30)17-34-22-10-4-19(28)5-11-22/h2-7,10-11,13,15,21,24H,8-9,12,14,16-17H2,1H3,(H,29,33)/t24-/m1/s1. The number of thiophene rings is 1. The first-order valence-electron chi connectivity index (χ1n) is 11.9. The second kappa shape index (κ2) is 10.3. The van der Waals surface area contributed by atoms with Crippen LogP contribution in [0, 0.1) is 6.92 Å². The van der Waals surface area contributed by atoms with Crippen molar-refractivity contribution in [3.05, 3.63) is 81.0 Å². The first-order chi connectivity index (χ1) is 17.0. The first kappa shape index (κ1) is 23.7. The molecule has 1 saturated carbocycles. The highest BCUT2D eigenvalue weighted by Gasteiger charge is 2.38. The van der Waals surface area contributed by atoms with Gasteiger partial charge in [-0.1, -0.05) is 29.3 Å². The molecule has 5 rings (SSSR count). The third-order valence-electron chi connectivity index (χ3n) is 6.49. The Morgan fingerprint density at radius 2 is 1.86 bits per heavy atom. The predicted molar refractivity (Wildman–Crippen MR) is 139 cm³/mol. The normalized spacial score (nSPS) is 17.0. The lowest BCUT2D eigenvalue weighted by atomic mass is 10.0. The fourth-order valence-corrected chi connectivity index (χ4v) is 5.46. The molecule has 0 radical (unpaired) electrons. The number of aryl methyl sites for hydroxylation is 1. The average Bonchev–Trinajstić information content (AvgIpc) is 3.58. The third-order valence-corrected chi connectivity index (χ3v) is 7.74. The van der Waals surface area contributed by atoms with Gasteiger partial charge in [0, 0.05) is 28.2 Å². The molecule has 35 heavy (non-hydrogen) atoms. The summed E-state index contributed by atoms with van der Waals surface area (Å²) in [6.45, 7) is 3.01. The number of ether oxygens (including phenoxy) is 1. The third kappa shape index (κ3) is 5.63. The lowest BCUT2D eigenvalue weighted by molar-refractivity contribution is -0.135. The Morgan fingerprint density at radius 3 is 2.57 bits per heavy atom. The van der Waals surface area contributed by atoms with E-state index < -0.39 is 0 Å². The Labute approximate surface area is 214 Å². The number of carbonyl (C=O) groups is 2. The first-order valence-corrected chi connectivity index (χ1v) is 13.1. The largest absolute Gasteiger partial charge is 0.491 e. The molecule has 8 heteroatoms. The van der Waals surface area contributed by atoms with Crippen LogP contribution in [0.3, 0.4) is 0 Å². The van der Waals surface area contributed by atoms with Crippen LogP contribution in [0.15, 0.2) is 60.0 Å². The van der Waals surface area contributed by atoms with Crippen molar-refractivity contribution >= 4 is 40.6 Å². The second-order valence-corrected chi connectivity index (χ2v) is 10.5. The zero-order chi connectivity index (χ0) is 24.4. The van der Waals surface area contributed by atoms with Crippen LogP contribution in [0.5, 0.6) is 5.75 Å². The summed E-state index contributed by atoms with van der Waals surface area (Å²) in [6.07, 6.45) is 2.66. The van der Waals surface area contributed by atoms with E-state index in [9.17, 15) is 9.59 Å². The Bertz CT molecular complexity index is 1190. The van der Waals surface area contributed by atoms with Crippen LogP contribution < -0.4 is 10.1 Å². The van der Waals surface area contributed by atoms with Crippen molar-refractivity contribution in [1.29, 1.82) is 0 Å². The van der Waals surface area contributed by atoms with E-state index in [4.69, 9.17) is 16.3 Å². The number of amides is 3. The highest BCUT2D eigenvalue weighted by molar-refractivity contribution is 7.10. The molecule has 2 aromatic carbocycles. The van der Waals surface area contributed by atoms with E-state index in [-0.39, 0.29) is 30.6 Å². The minimum Gasteiger partial charge on any atom is -0.491 e. The van der Waals surface area contributed by atoms with E-state index in [0.717, 1.165) is 36.1 Å². The number of hydrogen-bond donors (Lipinski definition) is 1. The maximum Gasteiger partial charge on any atom is 0.322 e. The van der Waals surface area contributed by atoms with Crippen molar-refractivity contribution in [3.63, 3.8) is 0 Å². The predicted octanol–water partition coefficient (Wildman–Crippen LogP) is 5.91. The van der Waals surface area contributed by atoms with Crippen LogP contribution in [0.4, 0.5) is 10.5 Å². The number of nitrogens with one attached hydrogen (secondary N) is 1. The zero-order valence-corrected chi connectivity index (χ0v) is 21.1. The summed E-state index contributed by atoms with van der Waals surface area (Å²) < 4.78 is 6.07. The van der Waals surface area contributed by atoms with Crippen molar-refractivity contribution in [2.24, 2.45) is 0 Å². The molecule has 1 fully saturated rings. The van der Waals surface area contributed by atoms with E-state index in [1.807, 2.05) is 48.2 Å². The van der Waals surface area contributed by atoms with Gasteiger partial charge in [0.25, 0.3) is 0 Å². The molecule has 1 atom stereocenters. The maximum absolute atomic E-state index is 13.6. The molecule has 182 valence electrons. The number of halogens is 1. The van der Waals surface area contributed by atoms with E-state index >= 15 is 0 Å². The van der Waals surface area contributed by atoms with Crippen molar-refractivity contribution < 1.29 is 14.3 Å². The summed E-state index contributed by atoms with van der Waals surface area (Å²) in [7, 11) is 0. The molecule has 6 nitrogen and oxygen atoms in total. The topological polar surface area (TPSA) is 61.9 Å². The fourth-order valence-electron chi connectivity index (χ4n) is 4.40. The lowest BCUT2D eigenvalue weighted by Gasteiger charge is -2.37.